The average molecular weight is 958 g/mol. The van der Waals surface area contributed by atoms with Crippen molar-refractivity contribution < 1.29 is 43.4 Å². The molecule has 16 nitrogen and oxygen atoms in total. The third kappa shape index (κ3) is 17.2. The molecule has 6 N–H and O–H groups in total. The van der Waals surface area contributed by atoms with E-state index in [-0.39, 0.29) is 43.4 Å². The molecule has 0 radical (unpaired) electrons. The number of alkyl carbamates (subject to hydrolysis) is 2. The monoisotopic (exact) mass is 958 g/mol. The minimum atomic E-state index is -1.00. The lowest BCUT2D eigenvalue weighted by molar-refractivity contribution is -0.246. The van der Waals surface area contributed by atoms with Gasteiger partial charge in [0.15, 0.2) is 0 Å². The van der Waals surface area contributed by atoms with Gasteiger partial charge in [0.1, 0.15) is 30.3 Å². The molecule has 0 aromatic heterocycles. The molecular weight excluding hydrogens is 879 g/mol. The van der Waals surface area contributed by atoms with E-state index in [0.717, 1.165) is 11.1 Å². The molecule has 4 unspecified atom stereocenters. The molecule has 6 amide bonds. The normalized spacial score (nSPS) is 20.0. The molecule has 380 valence electrons. The van der Waals surface area contributed by atoms with E-state index in [1.54, 1.807) is 25.7 Å². The van der Waals surface area contributed by atoms with Crippen molar-refractivity contribution in [2.75, 3.05) is 13.1 Å². The maximum absolute atomic E-state index is 14.6. The van der Waals surface area contributed by atoms with E-state index >= 15 is 0 Å². The fraction of sp³-hybridized carbons (Fsp3) is 0.623. The zero-order chi connectivity index (χ0) is 50.5. The Bertz CT molecular complexity index is 2050. The molecule has 3 fully saturated rings. The molecule has 5 rings (SSSR count). The minimum absolute atomic E-state index is 0.105. The lowest BCUT2D eigenvalue weighted by Gasteiger charge is -2.51. The average Bonchev–Trinajstić information content (AvgIpc) is 3.99. The van der Waals surface area contributed by atoms with Gasteiger partial charge >= 0.3 is 12.2 Å². The van der Waals surface area contributed by atoms with Gasteiger partial charge in [-0.2, -0.15) is 5.06 Å². The Morgan fingerprint density at radius 3 is 2.03 bits per heavy atom. The lowest BCUT2D eigenvalue weighted by atomic mass is 9.79. The first-order valence-corrected chi connectivity index (χ1v) is 24.9. The van der Waals surface area contributed by atoms with Crippen LogP contribution in [0.2, 0.25) is 0 Å². The quantitative estimate of drug-likeness (QED) is 0.0561. The van der Waals surface area contributed by atoms with Crippen molar-refractivity contribution in [3.05, 3.63) is 83.9 Å². The highest BCUT2D eigenvalue weighted by Gasteiger charge is 2.47. The second-order valence-corrected chi connectivity index (χ2v) is 21.8. The summed E-state index contributed by atoms with van der Waals surface area (Å²) in [7, 11) is 0. The third-order valence-electron chi connectivity index (χ3n) is 12.9. The highest BCUT2D eigenvalue weighted by molar-refractivity contribution is 5.95. The van der Waals surface area contributed by atoms with Crippen molar-refractivity contribution in [1.82, 2.24) is 36.5 Å². The van der Waals surface area contributed by atoms with E-state index in [0.29, 0.717) is 64.3 Å². The number of benzene rings is 2. The summed E-state index contributed by atoms with van der Waals surface area (Å²) >= 11 is 0. The number of amides is 6. The molecule has 2 aliphatic heterocycles. The Morgan fingerprint density at radius 1 is 0.812 bits per heavy atom. The molecule has 1 saturated carbocycles. The number of hydrogen-bond donors (Lipinski definition) is 6. The van der Waals surface area contributed by atoms with Crippen molar-refractivity contribution in [2.45, 2.75) is 180 Å². The summed E-state index contributed by atoms with van der Waals surface area (Å²) < 4.78 is 10.9. The van der Waals surface area contributed by atoms with Crippen LogP contribution in [0.3, 0.4) is 0 Å². The standard InChI is InChI=1S/C53H79N7O9/c1-35(2)30-40(56-50(66)69-51(3,4)5)27-26-39(31-36-18-12-10-13-19-36)48(64)59-29-17-23-43(59)46(62)58-44(38-24-25-38)47(63)57-42(22-16-28-54-49(65)68-34-37-20-14-11-15-21-37)45(61)55-41-32-52(6,7)60(67)53(8,9)33-41/h10-15,18-21,26-27,35,38-44,67H,16-17,22-25,28-34H2,1-9H3,(H,54,65)(H,55,61)(H,56,66)(H,57,63)(H,58,62)/b27-26+/t39?,40?,42?,43-,44?/m0/s1. The van der Waals surface area contributed by atoms with Crippen LogP contribution < -0.4 is 26.6 Å². The molecule has 0 bridgehead atoms. The van der Waals surface area contributed by atoms with Crippen molar-refractivity contribution in [3.8, 4) is 0 Å². The van der Waals surface area contributed by atoms with Gasteiger partial charge in [-0.05, 0) is 136 Å². The number of hydroxylamine groups is 2. The number of rotatable bonds is 21. The van der Waals surface area contributed by atoms with Crippen LogP contribution in [0.15, 0.2) is 72.8 Å². The van der Waals surface area contributed by atoms with Gasteiger partial charge < -0.3 is 46.2 Å². The van der Waals surface area contributed by atoms with Crippen LogP contribution in [0.5, 0.6) is 0 Å². The highest BCUT2D eigenvalue weighted by atomic mass is 16.6. The van der Waals surface area contributed by atoms with E-state index in [9.17, 15) is 34.0 Å². The Kier molecular flexibility index (Phi) is 19.2. The summed E-state index contributed by atoms with van der Waals surface area (Å²) in [6, 6.07) is 15.5. The van der Waals surface area contributed by atoms with Gasteiger partial charge in [-0.3, -0.25) is 19.2 Å². The van der Waals surface area contributed by atoms with Gasteiger partial charge in [0.05, 0.1) is 12.0 Å². The van der Waals surface area contributed by atoms with Crippen LogP contribution in [0.25, 0.3) is 0 Å². The zero-order valence-corrected chi connectivity index (χ0v) is 42.3. The van der Waals surface area contributed by atoms with Crippen LogP contribution in [0, 0.1) is 17.8 Å². The molecule has 5 atom stereocenters. The Morgan fingerprint density at radius 2 is 1.43 bits per heavy atom. The van der Waals surface area contributed by atoms with Gasteiger partial charge in [0.2, 0.25) is 23.6 Å². The summed E-state index contributed by atoms with van der Waals surface area (Å²) in [6.07, 6.45) is 7.40. The summed E-state index contributed by atoms with van der Waals surface area (Å²) in [5.74, 6) is -2.13. The van der Waals surface area contributed by atoms with Gasteiger partial charge in [-0.1, -0.05) is 86.7 Å². The Balaban J connectivity index is 1.29. The van der Waals surface area contributed by atoms with Crippen molar-refractivity contribution in [2.24, 2.45) is 17.8 Å². The fourth-order valence-corrected chi connectivity index (χ4v) is 9.59. The van der Waals surface area contributed by atoms with E-state index in [1.165, 1.54) is 5.06 Å². The second kappa shape index (κ2) is 24.4. The number of carbonyl (C=O) groups is 6. The Hall–Kier alpha value is -5.48. The largest absolute Gasteiger partial charge is 0.445 e. The van der Waals surface area contributed by atoms with Gasteiger partial charge in [-0.15, -0.1) is 0 Å². The lowest BCUT2D eigenvalue weighted by Crippen LogP contribution is -2.64. The van der Waals surface area contributed by atoms with Gasteiger partial charge in [-0.25, -0.2) is 9.59 Å². The second-order valence-electron chi connectivity index (χ2n) is 21.8. The van der Waals surface area contributed by atoms with Crippen LogP contribution in [0.4, 0.5) is 9.59 Å². The van der Waals surface area contributed by atoms with Crippen molar-refractivity contribution in [3.63, 3.8) is 0 Å². The third-order valence-corrected chi connectivity index (χ3v) is 12.9. The first-order valence-electron chi connectivity index (χ1n) is 24.9. The molecule has 2 aromatic carbocycles. The number of likely N-dealkylation sites (tertiary alicyclic amines) is 1. The van der Waals surface area contributed by atoms with Crippen molar-refractivity contribution >= 4 is 35.8 Å². The zero-order valence-electron chi connectivity index (χ0n) is 42.3. The van der Waals surface area contributed by atoms with E-state index in [1.807, 2.05) is 101 Å². The molecule has 2 saturated heterocycles. The maximum atomic E-state index is 14.6. The van der Waals surface area contributed by atoms with Gasteiger partial charge in [0.25, 0.3) is 0 Å². The summed E-state index contributed by atoms with van der Waals surface area (Å²) in [6.45, 7) is 17.8. The van der Waals surface area contributed by atoms with E-state index in [2.05, 4.69) is 40.4 Å². The smallest absolute Gasteiger partial charge is 0.408 e. The van der Waals surface area contributed by atoms with Crippen LogP contribution in [-0.4, -0.2) is 111 Å². The molecule has 1 aliphatic carbocycles. The number of nitrogens with zero attached hydrogens (tertiary/aromatic N) is 2. The first kappa shape index (κ1) is 54.5. The van der Waals surface area contributed by atoms with E-state index in [4.69, 9.17) is 9.47 Å². The molecule has 0 spiro atoms. The Labute approximate surface area is 409 Å². The number of hydrogen-bond acceptors (Lipinski definition) is 10. The highest BCUT2D eigenvalue weighted by Crippen LogP contribution is 2.37. The van der Waals surface area contributed by atoms with E-state index < -0.39 is 76.7 Å². The molecular formula is C53H79N7O9. The van der Waals surface area contributed by atoms with Gasteiger partial charge in [0, 0.05) is 30.2 Å². The fourth-order valence-electron chi connectivity index (χ4n) is 9.59. The maximum Gasteiger partial charge on any atom is 0.408 e. The number of carbonyl (C=O) groups excluding carboxylic acids is 6. The SMILES string of the molecule is CC(C)CC(/C=C/C(Cc1ccccc1)C(=O)N1CCC[C@H]1C(=O)NC(C(=O)NC(CCCNC(=O)OCc1ccccc1)C(=O)NC1CC(C)(C)N(O)C(C)(C)C1)C1CC1)NC(=O)OC(C)(C)C. The molecule has 16 heteroatoms. The number of ether oxygens (including phenoxy) is 2. The summed E-state index contributed by atoms with van der Waals surface area (Å²) in [4.78, 5) is 84.5. The number of nitrogens with one attached hydrogen (secondary N) is 5. The predicted molar refractivity (Wildman–Crippen MR) is 264 cm³/mol. The minimum Gasteiger partial charge on any atom is -0.445 e. The molecule has 2 heterocycles. The molecule has 3 aliphatic rings. The topological polar surface area (TPSA) is 208 Å². The predicted octanol–water partition coefficient (Wildman–Crippen LogP) is 6.95. The summed E-state index contributed by atoms with van der Waals surface area (Å²) in [5.41, 5.74) is -0.165. The van der Waals surface area contributed by atoms with Crippen LogP contribution >= 0.6 is 0 Å². The molecule has 2 aromatic rings. The molecule has 69 heavy (non-hydrogen) atoms. The first-order chi connectivity index (χ1) is 32.5. The summed E-state index contributed by atoms with van der Waals surface area (Å²) in [5, 5.41) is 27.0. The number of piperidine rings is 1. The van der Waals surface area contributed by atoms with Crippen LogP contribution in [0.1, 0.15) is 131 Å². The van der Waals surface area contributed by atoms with Crippen LogP contribution in [-0.2, 0) is 41.7 Å². The van der Waals surface area contributed by atoms with Crippen molar-refractivity contribution in [1.29, 1.82) is 0 Å².